The van der Waals surface area contributed by atoms with Gasteiger partial charge >= 0.3 is 12.1 Å². The molecule has 0 saturated heterocycles. The molecule has 1 heterocycles. The average molecular weight is 393 g/mol. The van der Waals surface area contributed by atoms with Crippen LogP contribution in [0.15, 0.2) is 47.0 Å². The van der Waals surface area contributed by atoms with E-state index >= 15 is 0 Å². The first-order valence-electron chi connectivity index (χ1n) is 7.86. The third kappa shape index (κ3) is 4.22. The van der Waals surface area contributed by atoms with Crippen LogP contribution in [0.25, 0.3) is 11.4 Å². The van der Waals surface area contributed by atoms with Gasteiger partial charge in [-0.3, -0.25) is 4.79 Å². The first-order valence-corrected chi connectivity index (χ1v) is 7.86. The Kier molecular flexibility index (Phi) is 5.21. The molecule has 0 radical (unpaired) electrons. The molecule has 0 fully saturated rings. The van der Waals surface area contributed by atoms with Gasteiger partial charge in [-0.1, -0.05) is 17.3 Å². The van der Waals surface area contributed by atoms with Crippen LogP contribution in [0, 0.1) is 0 Å². The van der Waals surface area contributed by atoms with Gasteiger partial charge in [0.25, 0.3) is 5.91 Å². The fourth-order valence-corrected chi connectivity index (χ4v) is 2.31. The van der Waals surface area contributed by atoms with Gasteiger partial charge in [-0.2, -0.15) is 18.2 Å². The third-order valence-electron chi connectivity index (χ3n) is 3.68. The van der Waals surface area contributed by atoms with E-state index in [1.807, 2.05) is 0 Å². The van der Waals surface area contributed by atoms with Crippen molar-refractivity contribution in [2.45, 2.75) is 6.18 Å². The number of halogens is 3. The summed E-state index contributed by atoms with van der Waals surface area (Å²) >= 11 is 0. The maximum absolute atomic E-state index is 12.5. The number of anilines is 1. The standard InChI is InChI=1S/C18H14F3N3O4/c1-26-13-7-12(8-14(9-13)27-2)22-16(25)11-5-3-10(4-6-11)15-23-17(28-24-15)18(19,20)21/h3-9H,1-2H3,(H,22,25). The maximum Gasteiger partial charge on any atom is 0.471 e. The molecule has 0 aliphatic heterocycles. The number of carbonyl (C=O) groups excluding carboxylic acids is 1. The first kappa shape index (κ1) is 19.2. The molecule has 0 bridgehead atoms. The molecule has 1 amide bonds. The maximum atomic E-state index is 12.5. The molecule has 3 aromatic rings. The summed E-state index contributed by atoms with van der Waals surface area (Å²) in [6.07, 6.45) is -4.72. The van der Waals surface area contributed by atoms with Gasteiger partial charge in [0.2, 0.25) is 5.82 Å². The summed E-state index contributed by atoms with van der Waals surface area (Å²) in [5.41, 5.74) is 1.02. The lowest BCUT2D eigenvalue weighted by atomic mass is 10.1. The van der Waals surface area contributed by atoms with Crippen LogP contribution >= 0.6 is 0 Å². The molecule has 28 heavy (non-hydrogen) atoms. The van der Waals surface area contributed by atoms with E-state index in [0.717, 1.165) is 0 Å². The smallest absolute Gasteiger partial charge is 0.471 e. The molecule has 10 heteroatoms. The quantitative estimate of drug-likeness (QED) is 0.705. The number of hydrogen-bond donors (Lipinski definition) is 1. The number of ether oxygens (including phenoxy) is 2. The molecule has 7 nitrogen and oxygen atoms in total. The van der Waals surface area contributed by atoms with Crippen LogP contribution < -0.4 is 14.8 Å². The molecular formula is C18H14F3N3O4. The summed E-state index contributed by atoms with van der Waals surface area (Å²) in [5, 5.41) is 5.99. The van der Waals surface area contributed by atoms with Crippen LogP contribution in [0.4, 0.5) is 18.9 Å². The number of rotatable bonds is 5. The molecule has 2 aromatic carbocycles. The fraction of sp³-hybridized carbons (Fsp3) is 0.167. The molecule has 3 rings (SSSR count). The second-order valence-corrected chi connectivity index (χ2v) is 5.55. The van der Waals surface area contributed by atoms with Crippen LogP contribution in [0.3, 0.4) is 0 Å². The Balaban J connectivity index is 1.76. The van der Waals surface area contributed by atoms with Crippen LogP contribution in [0.1, 0.15) is 16.2 Å². The van der Waals surface area contributed by atoms with Gasteiger partial charge in [-0.25, -0.2) is 0 Å². The summed E-state index contributed by atoms with van der Waals surface area (Å²) in [6, 6.07) is 10.6. The van der Waals surface area contributed by atoms with E-state index in [9.17, 15) is 18.0 Å². The van der Waals surface area contributed by atoms with Crippen molar-refractivity contribution in [1.29, 1.82) is 0 Å². The summed E-state index contributed by atoms with van der Waals surface area (Å²) in [4.78, 5) is 15.7. The minimum atomic E-state index is -4.72. The lowest BCUT2D eigenvalue weighted by Crippen LogP contribution is -2.12. The van der Waals surface area contributed by atoms with Crippen LogP contribution in [0.5, 0.6) is 11.5 Å². The van der Waals surface area contributed by atoms with Crippen molar-refractivity contribution in [2.24, 2.45) is 0 Å². The lowest BCUT2D eigenvalue weighted by Gasteiger charge is -2.10. The highest BCUT2D eigenvalue weighted by Gasteiger charge is 2.38. The van der Waals surface area contributed by atoms with Crippen molar-refractivity contribution >= 4 is 11.6 Å². The summed E-state index contributed by atoms with van der Waals surface area (Å²) in [5.74, 6) is -1.08. The largest absolute Gasteiger partial charge is 0.497 e. The Labute approximate surface area is 157 Å². The van der Waals surface area contributed by atoms with Crippen molar-refractivity contribution < 1.29 is 32.0 Å². The number of alkyl halides is 3. The van der Waals surface area contributed by atoms with Crippen molar-refractivity contribution in [1.82, 2.24) is 10.1 Å². The predicted molar refractivity (Wildman–Crippen MR) is 92.2 cm³/mol. The average Bonchev–Trinajstić information content (AvgIpc) is 3.18. The summed E-state index contributed by atoms with van der Waals surface area (Å²) < 4.78 is 52.1. The number of nitrogens with zero attached hydrogens (tertiary/aromatic N) is 2. The number of carbonyl (C=O) groups is 1. The van der Waals surface area contributed by atoms with E-state index < -0.39 is 18.0 Å². The highest BCUT2D eigenvalue weighted by molar-refractivity contribution is 6.04. The summed E-state index contributed by atoms with van der Waals surface area (Å²) in [7, 11) is 2.97. The molecule has 0 atom stereocenters. The third-order valence-corrected chi connectivity index (χ3v) is 3.68. The zero-order valence-electron chi connectivity index (χ0n) is 14.7. The van der Waals surface area contributed by atoms with E-state index in [0.29, 0.717) is 17.2 Å². The first-order chi connectivity index (χ1) is 13.3. The van der Waals surface area contributed by atoms with Crippen LogP contribution in [0.2, 0.25) is 0 Å². The minimum absolute atomic E-state index is 0.225. The Bertz CT molecular complexity index is 962. The molecule has 0 saturated carbocycles. The number of methoxy groups -OCH3 is 2. The van der Waals surface area contributed by atoms with Gasteiger partial charge in [-0.05, 0) is 12.1 Å². The zero-order valence-corrected chi connectivity index (χ0v) is 14.7. The molecule has 0 aliphatic rings. The minimum Gasteiger partial charge on any atom is -0.497 e. The zero-order chi connectivity index (χ0) is 20.3. The van der Waals surface area contributed by atoms with E-state index in [1.54, 1.807) is 18.2 Å². The number of benzene rings is 2. The van der Waals surface area contributed by atoms with Crippen molar-refractivity contribution in [3.8, 4) is 22.9 Å². The second-order valence-electron chi connectivity index (χ2n) is 5.55. The Morgan fingerprint density at radius 3 is 2.14 bits per heavy atom. The molecular weight excluding hydrogens is 379 g/mol. The highest BCUT2D eigenvalue weighted by Crippen LogP contribution is 2.29. The van der Waals surface area contributed by atoms with Gasteiger partial charge in [0.05, 0.1) is 14.2 Å². The van der Waals surface area contributed by atoms with Gasteiger partial charge in [-0.15, -0.1) is 0 Å². The number of nitrogens with one attached hydrogen (secondary N) is 1. The lowest BCUT2D eigenvalue weighted by molar-refractivity contribution is -0.159. The van der Waals surface area contributed by atoms with Gasteiger partial charge in [0.1, 0.15) is 11.5 Å². The van der Waals surface area contributed by atoms with Gasteiger partial charge < -0.3 is 19.3 Å². The van der Waals surface area contributed by atoms with Gasteiger partial charge in [0, 0.05) is 35.0 Å². The predicted octanol–water partition coefficient (Wildman–Crippen LogP) is 4.02. The molecule has 1 aromatic heterocycles. The SMILES string of the molecule is COc1cc(NC(=O)c2ccc(-c3noc(C(F)(F)F)n3)cc2)cc(OC)c1. The monoisotopic (exact) mass is 393 g/mol. The molecule has 0 unspecified atom stereocenters. The van der Waals surface area contributed by atoms with Crippen LogP contribution in [-0.4, -0.2) is 30.3 Å². The topological polar surface area (TPSA) is 86.5 Å². The molecule has 0 spiro atoms. The van der Waals surface area contributed by atoms with Crippen molar-refractivity contribution in [3.63, 3.8) is 0 Å². The van der Waals surface area contributed by atoms with E-state index in [-0.39, 0.29) is 17.0 Å². The van der Waals surface area contributed by atoms with E-state index in [1.165, 1.54) is 38.5 Å². The van der Waals surface area contributed by atoms with Gasteiger partial charge in [0.15, 0.2) is 0 Å². The Hall–Kier alpha value is -3.56. The molecule has 146 valence electrons. The number of aromatic nitrogens is 2. The second kappa shape index (κ2) is 7.59. The van der Waals surface area contributed by atoms with Crippen LogP contribution in [-0.2, 0) is 6.18 Å². The normalized spacial score (nSPS) is 11.2. The Morgan fingerprint density at radius 2 is 1.64 bits per heavy atom. The summed E-state index contributed by atoms with van der Waals surface area (Å²) in [6.45, 7) is 0. The van der Waals surface area contributed by atoms with Crippen molar-refractivity contribution in [2.75, 3.05) is 19.5 Å². The van der Waals surface area contributed by atoms with E-state index in [4.69, 9.17) is 9.47 Å². The van der Waals surface area contributed by atoms with E-state index in [2.05, 4.69) is 20.0 Å². The molecule has 1 N–H and O–H groups in total. The Morgan fingerprint density at radius 1 is 1.04 bits per heavy atom. The highest BCUT2D eigenvalue weighted by atomic mass is 19.4. The van der Waals surface area contributed by atoms with Crippen molar-refractivity contribution in [3.05, 3.63) is 53.9 Å². The fourth-order valence-electron chi connectivity index (χ4n) is 2.31. The number of hydrogen-bond acceptors (Lipinski definition) is 6. The number of amides is 1. The molecule has 0 aliphatic carbocycles.